The van der Waals surface area contributed by atoms with E-state index in [9.17, 15) is 5.11 Å². The molecule has 2 heterocycles. The van der Waals surface area contributed by atoms with Gasteiger partial charge in [-0.25, -0.2) is 4.98 Å². The minimum Gasteiger partial charge on any atom is -0.507 e. The van der Waals surface area contributed by atoms with Crippen molar-refractivity contribution in [1.82, 2.24) is 14.5 Å². The van der Waals surface area contributed by atoms with E-state index in [0.29, 0.717) is 17.0 Å². The van der Waals surface area contributed by atoms with Crippen LogP contribution in [0.5, 0.6) is 5.75 Å². The van der Waals surface area contributed by atoms with Gasteiger partial charge in [-0.1, -0.05) is 131 Å². The Morgan fingerprint density at radius 1 is 0.648 bits per heavy atom. The quantitative estimate of drug-likeness (QED) is 0.179. The summed E-state index contributed by atoms with van der Waals surface area (Å²) in [6, 6.07) is 47.5. The molecule has 0 saturated carbocycles. The number of pyridine rings is 1. The Kier molecular flexibility index (Phi) is 7.81. The topological polar surface area (TPSA) is 50.9 Å². The van der Waals surface area contributed by atoms with Gasteiger partial charge in [-0.05, 0) is 112 Å². The number of para-hydroxylation sites is 2. The molecule has 0 aliphatic carbocycles. The van der Waals surface area contributed by atoms with Gasteiger partial charge in [-0.3, -0.25) is 9.55 Å². The summed E-state index contributed by atoms with van der Waals surface area (Å²) in [5.41, 5.74) is 12.7. The lowest BCUT2D eigenvalue weighted by molar-refractivity contribution is 0.477. The molecule has 2 aromatic heterocycles. The highest BCUT2D eigenvalue weighted by Crippen LogP contribution is 2.41. The van der Waals surface area contributed by atoms with Gasteiger partial charge in [-0.2, -0.15) is 0 Å². The number of nitrogens with zero attached hydrogens (tertiary/aromatic N) is 3. The van der Waals surface area contributed by atoms with Gasteiger partial charge in [0, 0.05) is 28.5 Å². The molecule has 0 spiro atoms. The average Bonchev–Trinajstić information content (AvgIpc) is 3.60. The van der Waals surface area contributed by atoms with Crippen molar-refractivity contribution in [2.45, 2.75) is 52.8 Å². The van der Waals surface area contributed by atoms with E-state index in [2.05, 4.69) is 86.0 Å². The Balaban J connectivity index is 1.35. The third-order valence-corrected chi connectivity index (χ3v) is 10.1. The molecule has 4 nitrogen and oxygen atoms in total. The summed E-state index contributed by atoms with van der Waals surface area (Å²) in [5.74, 6) is -0.172. The fourth-order valence-electron chi connectivity index (χ4n) is 7.06. The van der Waals surface area contributed by atoms with Crippen LogP contribution >= 0.6 is 0 Å². The number of phenols is 1. The van der Waals surface area contributed by atoms with Crippen molar-refractivity contribution in [3.05, 3.63) is 168 Å². The van der Waals surface area contributed by atoms with Crippen LogP contribution in [0.3, 0.4) is 0 Å². The van der Waals surface area contributed by atoms with Crippen LogP contribution in [0.2, 0.25) is 0 Å². The normalized spacial score (nSPS) is 13.3. The number of hydrogen-bond acceptors (Lipinski definition) is 3. The molecule has 0 saturated heterocycles. The monoisotopic (exact) mass is 707 g/mol. The zero-order chi connectivity index (χ0) is 41.0. The van der Waals surface area contributed by atoms with E-state index in [1.807, 2.05) is 80.6 Å². The molecular weight excluding hydrogens is 659 g/mol. The summed E-state index contributed by atoms with van der Waals surface area (Å²) in [7, 11) is 0. The van der Waals surface area contributed by atoms with Crippen LogP contribution in [0.25, 0.3) is 72.7 Å². The van der Waals surface area contributed by atoms with E-state index < -0.39 is 12.7 Å². The molecule has 0 aliphatic heterocycles. The number of aromatic hydroxyl groups is 1. The van der Waals surface area contributed by atoms with Crippen LogP contribution in [0, 0.1) is 6.85 Å². The van der Waals surface area contributed by atoms with Crippen LogP contribution in [0.15, 0.2) is 152 Å². The third-order valence-electron chi connectivity index (χ3n) is 10.1. The van der Waals surface area contributed by atoms with Crippen LogP contribution in [-0.2, 0) is 5.41 Å². The van der Waals surface area contributed by atoms with Crippen LogP contribution in [-0.4, -0.2) is 19.6 Å². The number of fused-ring (bicyclic) bond motifs is 1. The number of imidazole rings is 1. The summed E-state index contributed by atoms with van der Waals surface area (Å²) in [6.45, 7) is 8.22. The van der Waals surface area contributed by atoms with Crippen molar-refractivity contribution in [3.8, 4) is 67.5 Å². The molecule has 0 fully saturated rings. The van der Waals surface area contributed by atoms with Crippen molar-refractivity contribution >= 4 is 11.0 Å². The number of hydrogen-bond donors (Lipinski definition) is 1. The molecule has 266 valence electrons. The Hall–Kier alpha value is -6.26. The third kappa shape index (κ3) is 6.72. The Labute approximate surface area is 324 Å². The maximum atomic E-state index is 11.3. The molecule has 0 unspecified atom stereocenters. The van der Waals surface area contributed by atoms with Gasteiger partial charge in [0.25, 0.3) is 0 Å². The molecule has 8 aromatic rings. The van der Waals surface area contributed by atoms with Crippen molar-refractivity contribution < 1.29 is 10.6 Å². The number of rotatable bonds is 7. The Morgan fingerprint density at radius 3 is 2.11 bits per heavy atom. The standard InChI is InChI=1S/C50H45N3O/c1-32(2)37-25-38(34-13-8-7-9-14-34)30-42(29-37)53-46-17-12-16-43(48(46)52-49(53)44-15-10-11-18-47(44)54)39-26-40(28-41(27-39)50(4,5)6)45-31-36(23-24-51-45)35-21-19-33(3)20-22-35/h7-32,54H,1-6H3/i3D3,32D. The Bertz CT molecular complexity index is 2790. The van der Waals surface area contributed by atoms with Gasteiger partial charge in [-0.15, -0.1) is 0 Å². The fourth-order valence-corrected chi connectivity index (χ4v) is 7.06. The smallest absolute Gasteiger partial charge is 0.149 e. The second-order valence-corrected chi connectivity index (χ2v) is 15.2. The molecule has 1 N–H and O–H groups in total. The molecule has 4 heteroatoms. The minimum absolute atomic E-state index is 0.122. The average molecular weight is 708 g/mol. The zero-order valence-corrected chi connectivity index (χ0v) is 31.2. The van der Waals surface area contributed by atoms with Crippen LogP contribution in [0.4, 0.5) is 0 Å². The van der Waals surface area contributed by atoms with E-state index in [1.54, 1.807) is 24.4 Å². The van der Waals surface area contributed by atoms with Gasteiger partial charge in [0.15, 0.2) is 0 Å². The molecule has 0 bridgehead atoms. The summed E-state index contributed by atoms with van der Waals surface area (Å²) in [5, 5.41) is 11.3. The molecule has 0 amide bonds. The summed E-state index contributed by atoms with van der Waals surface area (Å²) >= 11 is 0. The molecule has 8 rings (SSSR count). The number of aromatic nitrogens is 3. The van der Waals surface area contributed by atoms with Crippen molar-refractivity contribution in [2.75, 3.05) is 0 Å². The highest BCUT2D eigenvalue weighted by atomic mass is 16.3. The van der Waals surface area contributed by atoms with E-state index >= 15 is 0 Å². The number of aryl methyl sites for hydroxylation is 1. The molecule has 6 aromatic carbocycles. The first-order chi connectivity index (χ1) is 27.5. The second kappa shape index (κ2) is 13.9. The minimum atomic E-state index is -2.17. The number of phenolic OH excluding ortho intramolecular Hbond substituents is 1. The molecular formula is C50H45N3O. The summed E-state index contributed by atoms with van der Waals surface area (Å²) in [6.07, 6.45) is 1.79. The molecule has 0 aliphatic rings. The fraction of sp³-hybridized carbons (Fsp3) is 0.160. The lowest BCUT2D eigenvalue weighted by Crippen LogP contribution is -2.11. The van der Waals surface area contributed by atoms with E-state index in [-0.39, 0.29) is 11.2 Å². The first-order valence-corrected chi connectivity index (χ1v) is 18.3. The van der Waals surface area contributed by atoms with Crippen molar-refractivity contribution in [2.24, 2.45) is 0 Å². The van der Waals surface area contributed by atoms with Gasteiger partial charge >= 0.3 is 0 Å². The van der Waals surface area contributed by atoms with E-state index in [1.165, 1.54) is 0 Å². The molecule has 0 atom stereocenters. The molecule has 0 radical (unpaired) electrons. The van der Waals surface area contributed by atoms with Crippen molar-refractivity contribution in [1.29, 1.82) is 0 Å². The first-order valence-electron chi connectivity index (χ1n) is 20.3. The van der Waals surface area contributed by atoms with E-state index in [0.717, 1.165) is 72.5 Å². The van der Waals surface area contributed by atoms with Crippen molar-refractivity contribution in [3.63, 3.8) is 0 Å². The van der Waals surface area contributed by atoms with E-state index in [4.69, 9.17) is 15.5 Å². The largest absolute Gasteiger partial charge is 0.507 e. The zero-order valence-electron chi connectivity index (χ0n) is 35.2. The van der Waals surface area contributed by atoms with Crippen LogP contribution < -0.4 is 0 Å². The predicted molar refractivity (Wildman–Crippen MR) is 225 cm³/mol. The predicted octanol–water partition coefficient (Wildman–Crippen LogP) is 13.2. The summed E-state index contributed by atoms with van der Waals surface area (Å²) in [4.78, 5) is 10.2. The van der Waals surface area contributed by atoms with Gasteiger partial charge < -0.3 is 5.11 Å². The maximum Gasteiger partial charge on any atom is 0.149 e. The number of benzene rings is 6. The lowest BCUT2D eigenvalue weighted by atomic mass is 9.83. The Morgan fingerprint density at radius 2 is 1.37 bits per heavy atom. The SMILES string of the molecule is [2H]C([2H])([2H])c1ccc(-c2ccnc(-c3cc(-c4cccc5c4nc(-c4ccccc4O)n5-c4cc(-c5ccccc5)cc(C([2H])(C)C)c4)cc(C(C)(C)C)c3)c2)cc1. The lowest BCUT2D eigenvalue weighted by Gasteiger charge is -2.22. The second-order valence-electron chi connectivity index (χ2n) is 15.2. The first kappa shape index (κ1) is 30.2. The van der Waals surface area contributed by atoms with Crippen LogP contribution in [0.1, 0.15) is 62.7 Å². The highest BCUT2D eigenvalue weighted by molar-refractivity contribution is 5.97. The van der Waals surface area contributed by atoms with Gasteiger partial charge in [0.2, 0.25) is 0 Å². The highest BCUT2D eigenvalue weighted by Gasteiger charge is 2.23. The summed E-state index contributed by atoms with van der Waals surface area (Å²) < 4.78 is 34.5. The maximum absolute atomic E-state index is 11.3. The van der Waals surface area contributed by atoms with Gasteiger partial charge in [0.05, 0.1) is 22.3 Å². The molecule has 54 heavy (non-hydrogen) atoms. The van der Waals surface area contributed by atoms with Gasteiger partial charge in [0.1, 0.15) is 11.6 Å².